The molecule has 0 bridgehead atoms. The van der Waals surface area contributed by atoms with Crippen LogP contribution in [-0.4, -0.2) is 31.2 Å². The maximum Gasteiger partial charge on any atom is 0.146 e. The van der Waals surface area contributed by atoms with Crippen LogP contribution >= 0.6 is 15.9 Å². The number of aromatic nitrogens is 2. The van der Waals surface area contributed by atoms with E-state index in [0.29, 0.717) is 12.4 Å². The van der Waals surface area contributed by atoms with Crippen LogP contribution in [0.1, 0.15) is 5.56 Å². The molecule has 112 valence electrons. The molecule has 0 aliphatic rings. The molecule has 2 rings (SSSR count). The first-order chi connectivity index (χ1) is 10.2. The first-order valence-corrected chi connectivity index (χ1v) is 7.12. The third-order valence-corrected chi connectivity index (χ3v) is 3.72. The highest BCUT2D eigenvalue weighted by Crippen LogP contribution is 2.28. The van der Waals surface area contributed by atoms with Crippen LogP contribution in [0.2, 0.25) is 0 Å². The predicted octanol–water partition coefficient (Wildman–Crippen LogP) is 2.91. The van der Waals surface area contributed by atoms with Gasteiger partial charge in [-0.15, -0.1) is 0 Å². The number of nitrogens with one attached hydrogen (secondary N) is 2. The van der Waals surface area contributed by atoms with Gasteiger partial charge in [-0.3, -0.25) is 0 Å². The zero-order valence-corrected chi connectivity index (χ0v) is 13.7. The lowest BCUT2D eigenvalue weighted by molar-refractivity contribution is 0.391. The lowest BCUT2D eigenvalue weighted by atomic mass is 10.2. The van der Waals surface area contributed by atoms with Crippen LogP contribution in [0.25, 0.3) is 0 Å². The van der Waals surface area contributed by atoms with E-state index in [1.165, 1.54) is 6.33 Å². The molecule has 2 aromatic rings. The van der Waals surface area contributed by atoms with Gasteiger partial charge in [0, 0.05) is 25.2 Å². The van der Waals surface area contributed by atoms with Gasteiger partial charge in [0.2, 0.25) is 0 Å². The van der Waals surface area contributed by atoms with E-state index in [0.717, 1.165) is 27.4 Å². The number of rotatable bonds is 6. The Hall–Kier alpha value is -2.02. The molecular formula is C14H17BrN4O2. The Morgan fingerprint density at radius 2 is 1.90 bits per heavy atom. The van der Waals surface area contributed by atoms with Crippen molar-refractivity contribution in [2.45, 2.75) is 6.54 Å². The van der Waals surface area contributed by atoms with E-state index in [1.54, 1.807) is 14.2 Å². The van der Waals surface area contributed by atoms with Crippen LogP contribution in [0.15, 0.2) is 29.0 Å². The lowest BCUT2D eigenvalue weighted by Crippen LogP contribution is -2.06. The summed E-state index contributed by atoms with van der Waals surface area (Å²) < 4.78 is 11.4. The van der Waals surface area contributed by atoms with Crippen LogP contribution in [-0.2, 0) is 6.54 Å². The fourth-order valence-electron chi connectivity index (χ4n) is 1.84. The van der Waals surface area contributed by atoms with Gasteiger partial charge in [0.1, 0.15) is 33.9 Å². The van der Waals surface area contributed by atoms with E-state index in [2.05, 4.69) is 36.5 Å². The maximum absolute atomic E-state index is 5.37. The van der Waals surface area contributed by atoms with E-state index in [9.17, 15) is 0 Å². The molecule has 0 saturated carbocycles. The highest BCUT2D eigenvalue weighted by molar-refractivity contribution is 9.10. The van der Waals surface area contributed by atoms with Crippen molar-refractivity contribution in [1.82, 2.24) is 9.97 Å². The van der Waals surface area contributed by atoms with Crippen molar-refractivity contribution in [2.75, 3.05) is 31.9 Å². The van der Waals surface area contributed by atoms with Crippen molar-refractivity contribution in [2.24, 2.45) is 0 Å². The molecule has 1 heterocycles. The summed E-state index contributed by atoms with van der Waals surface area (Å²) in [5, 5.41) is 6.25. The van der Waals surface area contributed by atoms with E-state index >= 15 is 0 Å². The topological polar surface area (TPSA) is 68.3 Å². The van der Waals surface area contributed by atoms with Crippen molar-refractivity contribution in [3.63, 3.8) is 0 Å². The van der Waals surface area contributed by atoms with Crippen molar-refractivity contribution in [1.29, 1.82) is 0 Å². The number of halogens is 1. The summed E-state index contributed by atoms with van der Waals surface area (Å²) in [5.74, 6) is 2.97. The minimum atomic E-state index is 0.575. The molecule has 0 unspecified atom stereocenters. The highest BCUT2D eigenvalue weighted by Gasteiger charge is 2.09. The Kier molecular flexibility index (Phi) is 5.21. The van der Waals surface area contributed by atoms with Gasteiger partial charge < -0.3 is 20.1 Å². The molecule has 7 heteroatoms. The second-order valence-corrected chi connectivity index (χ2v) is 4.96. The normalized spacial score (nSPS) is 10.1. The summed E-state index contributed by atoms with van der Waals surface area (Å²) in [4.78, 5) is 8.34. The van der Waals surface area contributed by atoms with Crippen LogP contribution in [0.3, 0.4) is 0 Å². The molecule has 0 radical (unpaired) electrons. The molecule has 0 aliphatic heterocycles. The highest BCUT2D eigenvalue weighted by atomic mass is 79.9. The molecule has 21 heavy (non-hydrogen) atoms. The molecule has 2 N–H and O–H groups in total. The Labute approximate surface area is 132 Å². The summed E-state index contributed by atoms with van der Waals surface area (Å²) in [6, 6.07) is 5.71. The number of hydrogen-bond donors (Lipinski definition) is 2. The third kappa shape index (κ3) is 3.55. The summed E-state index contributed by atoms with van der Waals surface area (Å²) in [7, 11) is 5.07. The largest absolute Gasteiger partial charge is 0.497 e. The van der Waals surface area contributed by atoms with Gasteiger partial charge in [-0.05, 0) is 28.1 Å². The van der Waals surface area contributed by atoms with Crippen molar-refractivity contribution < 1.29 is 9.47 Å². The Balaban J connectivity index is 2.16. The number of ether oxygens (including phenoxy) is 2. The van der Waals surface area contributed by atoms with Crippen molar-refractivity contribution >= 4 is 27.6 Å². The average Bonchev–Trinajstić information content (AvgIpc) is 2.53. The molecule has 1 aromatic heterocycles. The first kappa shape index (κ1) is 15.4. The second-order valence-electron chi connectivity index (χ2n) is 4.17. The molecule has 0 saturated heterocycles. The molecule has 0 aliphatic carbocycles. The summed E-state index contributed by atoms with van der Waals surface area (Å²) in [6.07, 6.45) is 1.50. The van der Waals surface area contributed by atoms with Gasteiger partial charge in [0.15, 0.2) is 0 Å². The number of benzene rings is 1. The lowest BCUT2D eigenvalue weighted by Gasteiger charge is -2.13. The average molecular weight is 353 g/mol. The summed E-state index contributed by atoms with van der Waals surface area (Å²) in [6.45, 7) is 0.575. The smallest absolute Gasteiger partial charge is 0.146 e. The third-order valence-electron chi connectivity index (χ3n) is 2.97. The van der Waals surface area contributed by atoms with Crippen LogP contribution < -0.4 is 20.1 Å². The molecule has 1 aromatic carbocycles. The number of nitrogens with zero attached hydrogens (tertiary/aromatic N) is 2. The summed E-state index contributed by atoms with van der Waals surface area (Å²) in [5.41, 5.74) is 1.01. The van der Waals surface area contributed by atoms with Crippen molar-refractivity contribution in [3.8, 4) is 11.5 Å². The molecular weight excluding hydrogens is 336 g/mol. The van der Waals surface area contributed by atoms with Gasteiger partial charge in [0.25, 0.3) is 0 Å². The molecule has 0 amide bonds. The van der Waals surface area contributed by atoms with E-state index < -0.39 is 0 Å². The first-order valence-electron chi connectivity index (χ1n) is 6.32. The van der Waals surface area contributed by atoms with Crippen LogP contribution in [0.4, 0.5) is 11.6 Å². The van der Waals surface area contributed by atoms with Crippen LogP contribution in [0.5, 0.6) is 11.5 Å². The van der Waals surface area contributed by atoms with Gasteiger partial charge in [-0.1, -0.05) is 0 Å². The minimum Gasteiger partial charge on any atom is -0.497 e. The molecule has 0 atom stereocenters. The SMILES string of the molecule is CNc1ncnc(NCc2ccc(OC)cc2OC)c1Br. The number of methoxy groups -OCH3 is 2. The fourth-order valence-corrected chi connectivity index (χ4v) is 2.39. The Morgan fingerprint density at radius 3 is 2.57 bits per heavy atom. The standard InChI is InChI=1S/C14H17BrN4O2/c1-16-13-12(15)14(19-8-18-13)17-7-9-4-5-10(20-2)6-11(9)21-3/h4-6,8H,7H2,1-3H3,(H2,16,17,18,19). The van der Waals surface area contributed by atoms with E-state index in [1.807, 2.05) is 25.2 Å². The second kappa shape index (κ2) is 7.12. The van der Waals surface area contributed by atoms with Gasteiger partial charge in [-0.25, -0.2) is 9.97 Å². The van der Waals surface area contributed by atoms with E-state index in [-0.39, 0.29) is 0 Å². The monoisotopic (exact) mass is 352 g/mol. The Morgan fingerprint density at radius 1 is 1.14 bits per heavy atom. The molecule has 0 spiro atoms. The Bertz CT molecular complexity index is 622. The summed E-state index contributed by atoms with van der Waals surface area (Å²) >= 11 is 3.47. The van der Waals surface area contributed by atoms with E-state index in [4.69, 9.17) is 9.47 Å². The zero-order chi connectivity index (χ0) is 15.2. The quantitative estimate of drug-likeness (QED) is 0.832. The minimum absolute atomic E-state index is 0.575. The fraction of sp³-hybridized carbons (Fsp3) is 0.286. The van der Waals surface area contributed by atoms with Crippen LogP contribution in [0, 0.1) is 0 Å². The number of hydrogen-bond acceptors (Lipinski definition) is 6. The number of anilines is 2. The van der Waals surface area contributed by atoms with Gasteiger partial charge >= 0.3 is 0 Å². The van der Waals surface area contributed by atoms with Crippen molar-refractivity contribution in [3.05, 3.63) is 34.6 Å². The van der Waals surface area contributed by atoms with Gasteiger partial charge in [0.05, 0.1) is 14.2 Å². The molecule has 0 fully saturated rings. The maximum atomic E-state index is 5.37. The van der Waals surface area contributed by atoms with Gasteiger partial charge in [-0.2, -0.15) is 0 Å². The molecule has 6 nitrogen and oxygen atoms in total. The zero-order valence-electron chi connectivity index (χ0n) is 12.1. The predicted molar refractivity (Wildman–Crippen MR) is 86.2 cm³/mol.